The van der Waals surface area contributed by atoms with Crippen LogP contribution in [0.3, 0.4) is 0 Å². The second kappa shape index (κ2) is 5.83. The van der Waals surface area contributed by atoms with E-state index in [1.807, 2.05) is 19.1 Å². The Morgan fingerprint density at radius 3 is 2.56 bits per heavy atom. The maximum atomic E-state index is 9.00. The second-order valence-corrected chi connectivity index (χ2v) is 2.19. The Bertz CT molecular complexity index is 76.6. The predicted molar refractivity (Wildman–Crippen MR) is 40.3 cm³/mol. The zero-order valence-electron chi connectivity index (χ0n) is 6.30. The third-order valence-electron chi connectivity index (χ3n) is 1.23. The average molecular weight is 128 g/mol. The largest absolute Gasteiger partial charge is 0.389 e. The topological polar surface area (TPSA) is 20.2 Å². The quantitative estimate of drug-likeness (QED) is 0.575. The van der Waals surface area contributed by atoms with Gasteiger partial charge in [0.2, 0.25) is 0 Å². The first-order chi connectivity index (χ1) is 4.31. The third kappa shape index (κ3) is 5.57. The van der Waals surface area contributed by atoms with Gasteiger partial charge in [0.05, 0.1) is 6.10 Å². The first kappa shape index (κ1) is 8.70. The Morgan fingerprint density at radius 1 is 1.44 bits per heavy atom. The van der Waals surface area contributed by atoms with Gasteiger partial charge in [-0.05, 0) is 12.8 Å². The van der Waals surface area contributed by atoms with Crippen LogP contribution >= 0.6 is 0 Å². The van der Waals surface area contributed by atoms with Crippen LogP contribution in [-0.2, 0) is 0 Å². The van der Waals surface area contributed by atoms with E-state index in [4.69, 9.17) is 5.11 Å². The highest BCUT2D eigenvalue weighted by atomic mass is 16.3. The Hall–Kier alpha value is -0.300. The van der Waals surface area contributed by atoms with E-state index in [-0.39, 0.29) is 6.10 Å². The van der Waals surface area contributed by atoms with Gasteiger partial charge in [-0.3, -0.25) is 0 Å². The summed E-state index contributed by atoms with van der Waals surface area (Å²) in [7, 11) is 0. The molecule has 0 bridgehead atoms. The molecule has 0 aromatic carbocycles. The molecule has 9 heavy (non-hydrogen) atoms. The lowest BCUT2D eigenvalue weighted by Gasteiger charge is -1.97. The van der Waals surface area contributed by atoms with Crippen LogP contribution in [0.25, 0.3) is 0 Å². The van der Waals surface area contributed by atoms with Crippen molar-refractivity contribution in [3.8, 4) is 0 Å². The third-order valence-corrected chi connectivity index (χ3v) is 1.23. The number of hydrogen-bond acceptors (Lipinski definition) is 1. The van der Waals surface area contributed by atoms with Crippen LogP contribution in [0.5, 0.6) is 0 Å². The number of unbranched alkanes of at least 4 members (excludes halogenated alkanes) is 1. The molecule has 1 heteroatoms. The van der Waals surface area contributed by atoms with Crippen molar-refractivity contribution in [3.05, 3.63) is 12.2 Å². The normalized spacial score (nSPS) is 14.6. The van der Waals surface area contributed by atoms with Crippen LogP contribution in [-0.4, -0.2) is 11.2 Å². The Balaban J connectivity index is 3.20. The van der Waals surface area contributed by atoms with Gasteiger partial charge < -0.3 is 5.11 Å². The van der Waals surface area contributed by atoms with Crippen LogP contribution < -0.4 is 0 Å². The molecule has 0 rings (SSSR count). The van der Waals surface area contributed by atoms with E-state index in [0.717, 1.165) is 19.3 Å². The smallest absolute Gasteiger partial charge is 0.0718 e. The van der Waals surface area contributed by atoms with Gasteiger partial charge in [-0.25, -0.2) is 0 Å². The summed E-state index contributed by atoms with van der Waals surface area (Å²) in [5.41, 5.74) is 0. The Labute approximate surface area is 57.4 Å². The molecule has 0 spiro atoms. The molecule has 0 aliphatic carbocycles. The molecular formula is C8H16O. The standard InChI is InChI=1S/C8H16O/c1-3-5-6-7-8(9)4-2/h6-9H,3-5H2,1-2H3/t8-/m0/s1. The molecule has 0 aliphatic rings. The van der Waals surface area contributed by atoms with Gasteiger partial charge in [0.1, 0.15) is 0 Å². The maximum absolute atomic E-state index is 9.00. The lowest BCUT2D eigenvalue weighted by atomic mass is 10.2. The van der Waals surface area contributed by atoms with Gasteiger partial charge in [0.15, 0.2) is 0 Å². The summed E-state index contributed by atoms with van der Waals surface area (Å²) in [6, 6.07) is 0. The summed E-state index contributed by atoms with van der Waals surface area (Å²) in [6.45, 7) is 4.10. The van der Waals surface area contributed by atoms with Gasteiger partial charge in [-0.15, -0.1) is 0 Å². The van der Waals surface area contributed by atoms with Crippen molar-refractivity contribution in [2.24, 2.45) is 0 Å². The number of rotatable bonds is 4. The average Bonchev–Trinajstić information content (AvgIpc) is 1.89. The summed E-state index contributed by atoms with van der Waals surface area (Å²) in [5.74, 6) is 0. The van der Waals surface area contributed by atoms with E-state index in [2.05, 4.69) is 6.92 Å². The molecule has 0 radical (unpaired) electrons. The van der Waals surface area contributed by atoms with E-state index in [1.165, 1.54) is 0 Å². The fraction of sp³-hybridized carbons (Fsp3) is 0.750. The van der Waals surface area contributed by atoms with E-state index < -0.39 is 0 Å². The molecule has 1 N–H and O–H groups in total. The molecule has 0 saturated heterocycles. The molecule has 54 valence electrons. The van der Waals surface area contributed by atoms with Crippen molar-refractivity contribution in [1.82, 2.24) is 0 Å². The van der Waals surface area contributed by atoms with Gasteiger partial charge in [0.25, 0.3) is 0 Å². The van der Waals surface area contributed by atoms with Crippen molar-refractivity contribution >= 4 is 0 Å². The lowest BCUT2D eigenvalue weighted by Crippen LogP contribution is -1.97. The molecule has 0 fully saturated rings. The van der Waals surface area contributed by atoms with Crippen molar-refractivity contribution in [3.63, 3.8) is 0 Å². The summed E-state index contributed by atoms with van der Waals surface area (Å²) < 4.78 is 0. The minimum absolute atomic E-state index is 0.225. The highest BCUT2D eigenvalue weighted by Gasteiger charge is 1.89. The van der Waals surface area contributed by atoms with E-state index in [9.17, 15) is 0 Å². The van der Waals surface area contributed by atoms with E-state index in [0.29, 0.717) is 0 Å². The highest BCUT2D eigenvalue weighted by Crippen LogP contribution is 1.94. The first-order valence-electron chi connectivity index (χ1n) is 3.66. The van der Waals surface area contributed by atoms with Gasteiger partial charge in [-0.1, -0.05) is 32.4 Å². The lowest BCUT2D eigenvalue weighted by molar-refractivity contribution is 0.219. The maximum Gasteiger partial charge on any atom is 0.0718 e. The Kier molecular flexibility index (Phi) is 5.64. The van der Waals surface area contributed by atoms with Gasteiger partial charge in [-0.2, -0.15) is 0 Å². The summed E-state index contributed by atoms with van der Waals surface area (Å²) in [6.07, 6.45) is 6.73. The monoisotopic (exact) mass is 128 g/mol. The highest BCUT2D eigenvalue weighted by molar-refractivity contribution is 4.87. The summed E-state index contributed by atoms with van der Waals surface area (Å²) in [4.78, 5) is 0. The molecule has 0 heterocycles. The molecule has 0 aliphatic heterocycles. The molecule has 0 aromatic heterocycles. The van der Waals surface area contributed by atoms with E-state index >= 15 is 0 Å². The number of aliphatic hydroxyl groups excluding tert-OH is 1. The first-order valence-corrected chi connectivity index (χ1v) is 3.66. The SMILES string of the molecule is CCCC=C[C@@H](O)CC. The number of allylic oxidation sites excluding steroid dienone is 1. The number of hydrogen-bond donors (Lipinski definition) is 1. The zero-order valence-corrected chi connectivity index (χ0v) is 6.30. The molecular weight excluding hydrogens is 112 g/mol. The zero-order chi connectivity index (χ0) is 7.11. The summed E-state index contributed by atoms with van der Waals surface area (Å²) >= 11 is 0. The van der Waals surface area contributed by atoms with Crippen LogP contribution in [0.15, 0.2) is 12.2 Å². The molecule has 0 amide bonds. The molecule has 0 unspecified atom stereocenters. The summed E-state index contributed by atoms with van der Waals surface area (Å²) in [5, 5.41) is 9.00. The predicted octanol–water partition coefficient (Wildman–Crippen LogP) is 2.11. The van der Waals surface area contributed by atoms with Crippen LogP contribution in [0.4, 0.5) is 0 Å². The minimum atomic E-state index is -0.225. The van der Waals surface area contributed by atoms with E-state index in [1.54, 1.807) is 0 Å². The molecule has 1 nitrogen and oxygen atoms in total. The second-order valence-electron chi connectivity index (χ2n) is 2.19. The van der Waals surface area contributed by atoms with Crippen molar-refractivity contribution in [1.29, 1.82) is 0 Å². The van der Waals surface area contributed by atoms with Crippen LogP contribution in [0.1, 0.15) is 33.1 Å². The van der Waals surface area contributed by atoms with Crippen molar-refractivity contribution in [2.45, 2.75) is 39.2 Å². The van der Waals surface area contributed by atoms with Gasteiger partial charge in [0, 0.05) is 0 Å². The van der Waals surface area contributed by atoms with Crippen molar-refractivity contribution in [2.75, 3.05) is 0 Å². The fourth-order valence-corrected chi connectivity index (χ4v) is 0.556. The minimum Gasteiger partial charge on any atom is -0.389 e. The van der Waals surface area contributed by atoms with Gasteiger partial charge >= 0.3 is 0 Å². The molecule has 0 saturated carbocycles. The fourth-order valence-electron chi connectivity index (χ4n) is 0.556. The Morgan fingerprint density at radius 2 is 2.11 bits per heavy atom. The molecule has 1 atom stereocenters. The van der Waals surface area contributed by atoms with Crippen LogP contribution in [0.2, 0.25) is 0 Å². The number of aliphatic hydroxyl groups is 1. The van der Waals surface area contributed by atoms with Crippen molar-refractivity contribution < 1.29 is 5.11 Å². The van der Waals surface area contributed by atoms with Crippen LogP contribution in [0, 0.1) is 0 Å². The molecule has 0 aromatic rings.